The number of hydrogen-bond acceptors (Lipinski definition) is 5. The van der Waals surface area contributed by atoms with E-state index in [1.165, 1.54) is 12.0 Å². The summed E-state index contributed by atoms with van der Waals surface area (Å²) in [5.74, 6) is 0.127. The molecule has 3 aromatic carbocycles. The summed E-state index contributed by atoms with van der Waals surface area (Å²) in [7, 11) is 1.53. The molecule has 0 aliphatic carbocycles. The van der Waals surface area contributed by atoms with Crippen molar-refractivity contribution in [2.45, 2.75) is 33.4 Å². The molecular weight excluding hydrogens is 454 g/mol. The van der Waals surface area contributed by atoms with Gasteiger partial charge >= 0.3 is 0 Å². The van der Waals surface area contributed by atoms with Gasteiger partial charge in [0.2, 0.25) is 0 Å². The van der Waals surface area contributed by atoms with Crippen LogP contribution in [0.25, 0.3) is 5.76 Å². The third-order valence-corrected chi connectivity index (χ3v) is 6.10. The maximum Gasteiger partial charge on any atom is 0.295 e. The second-order valence-electron chi connectivity index (χ2n) is 9.42. The van der Waals surface area contributed by atoms with Gasteiger partial charge in [-0.3, -0.25) is 9.59 Å². The number of Topliss-reactive ketones (excluding diaryl/α,β-unsaturated/α-hetero) is 1. The van der Waals surface area contributed by atoms with Gasteiger partial charge in [-0.2, -0.15) is 0 Å². The van der Waals surface area contributed by atoms with Crippen molar-refractivity contribution in [1.29, 1.82) is 0 Å². The van der Waals surface area contributed by atoms with E-state index in [9.17, 15) is 14.7 Å². The predicted octanol–water partition coefficient (Wildman–Crippen LogP) is 5.66. The molecule has 1 fully saturated rings. The number of aliphatic hydroxyl groups is 1. The van der Waals surface area contributed by atoms with E-state index in [2.05, 4.69) is 13.8 Å². The fourth-order valence-electron chi connectivity index (χ4n) is 4.31. The summed E-state index contributed by atoms with van der Waals surface area (Å²) in [5.41, 5.74) is 3.09. The molecule has 0 spiro atoms. The first-order chi connectivity index (χ1) is 17.3. The van der Waals surface area contributed by atoms with Gasteiger partial charge in [0, 0.05) is 12.1 Å². The summed E-state index contributed by atoms with van der Waals surface area (Å²) in [6.45, 7) is 6.95. The lowest BCUT2D eigenvalue weighted by atomic mass is 9.94. The molecule has 1 aliphatic rings. The highest BCUT2D eigenvalue weighted by Crippen LogP contribution is 2.40. The molecule has 36 heavy (non-hydrogen) atoms. The van der Waals surface area contributed by atoms with Crippen molar-refractivity contribution in [3.63, 3.8) is 0 Å². The first kappa shape index (κ1) is 25.0. The fourth-order valence-corrected chi connectivity index (χ4v) is 4.31. The van der Waals surface area contributed by atoms with Gasteiger partial charge in [-0.05, 0) is 48.2 Å². The molecule has 1 amide bonds. The number of amides is 1. The largest absolute Gasteiger partial charge is 0.507 e. The van der Waals surface area contributed by atoms with E-state index < -0.39 is 17.7 Å². The van der Waals surface area contributed by atoms with E-state index in [-0.39, 0.29) is 17.9 Å². The molecule has 1 saturated heterocycles. The van der Waals surface area contributed by atoms with Gasteiger partial charge in [-0.15, -0.1) is 0 Å². The number of aliphatic hydroxyl groups excluding tert-OH is 1. The Morgan fingerprint density at radius 2 is 1.69 bits per heavy atom. The first-order valence-corrected chi connectivity index (χ1v) is 12.0. The zero-order chi connectivity index (χ0) is 25.8. The number of carbonyl (C=O) groups is 2. The molecule has 1 heterocycles. The molecule has 1 unspecified atom stereocenters. The SMILES string of the molecule is COc1cccc(/C(O)=C2/C(=O)C(=O)N(Cc3ccc(OCC(C)C)cc3)C2c2cccc(C)c2)c1. The van der Waals surface area contributed by atoms with E-state index in [1.54, 1.807) is 24.3 Å². The highest BCUT2D eigenvalue weighted by atomic mass is 16.5. The summed E-state index contributed by atoms with van der Waals surface area (Å²) in [6.07, 6.45) is 0. The highest BCUT2D eigenvalue weighted by Gasteiger charge is 2.46. The Morgan fingerprint density at radius 1 is 0.972 bits per heavy atom. The van der Waals surface area contributed by atoms with Crippen LogP contribution in [-0.4, -0.2) is 35.4 Å². The van der Waals surface area contributed by atoms with Crippen molar-refractivity contribution in [1.82, 2.24) is 4.90 Å². The smallest absolute Gasteiger partial charge is 0.295 e. The maximum atomic E-state index is 13.3. The average molecular weight is 486 g/mol. The number of rotatable bonds is 8. The zero-order valence-corrected chi connectivity index (χ0v) is 21.0. The molecule has 0 radical (unpaired) electrons. The van der Waals surface area contributed by atoms with Crippen molar-refractivity contribution in [3.8, 4) is 11.5 Å². The number of ether oxygens (including phenoxy) is 2. The number of benzene rings is 3. The van der Waals surface area contributed by atoms with Crippen molar-refractivity contribution >= 4 is 17.4 Å². The minimum Gasteiger partial charge on any atom is -0.507 e. The number of ketones is 1. The lowest BCUT2D eigenvalue weighted by Gasteiger charge is -2.26. The van der Waals surface area contributed by atoms with E-state index in [1.807, 2.05) is 55.5 Å². The highest BCUT2D eigenvalue weighted by molar-refractivity contribution is 6.46. The summed E-state index contributed by atoms with van der Waals surface area (Å²) in [5, 5.41) is 11.3. The van der Waals surface area contributed by atoms with E-state index in [4.69, 9.17) is 9.47 Å². The Labute approximate surface area is 211 Å². The topological polar surface area (TPSA) is 76.1 Å². The Hall–Kier alpha value is -4.06. The average Bonchev–Trinajstić information content (AvgIpc) is 3.12. The van der Waals surface area contributed by atoms with Gasteiger partial charge in [0.15, 0.2) is 0 Å². The van der Waals surface area contributed by atoms with Crippen molar-refractivity contribution < 1.29 is 24.2 Å². The minimum absolute atomic E-state index is 0.0655. The molecule has 0 bridgehead atoms. The molecule has 1 aliphatic heterocycles. The van der Waals surface area contributed by atoms with Gasteiger partial charge < -0.3 is 19.5 Å². The Morgan fingerprint density at radius 3 is 2.36 bits per heavy atom. The van der Waals surface area contributed by atoms with Crippen LogP contribution in [0.15, 0.2) is 78.4 Å². The Bertz CT molecular complexity index is 1290. The second kappa shape index (κ2) is 10.7. The second-order valence-corrected chi connectivity index (χ2v) is 9.42. The van der Waals surface area contributed by atoms with Crippen LogP contribution >= 0.6 is 0 Å². The summed E-state index contributed by atoms with van der Waals surface area (Å²) in [4.78, 5) is 28.1. The van der Waals surface area contributed by atoms with Crippen molar-refractivity contribution in [2.75, 3.05) is 13.7 Å². The van der Waals surface area contributed by atoms with E-state index in [0.717, 1.165) is 22.4 Å². The van der Waals surface area contributed by atoms with Crippen LogP contribution in [0, 0.1) is 12.8 Å². The third-order valence-electron chi connectivity index (χ3n) is 6.10. The van der Waals surface area contributed by atoms with Gasteiger partial charge in [0.25, 0.3) is 11.7 Å². The number of hydrogen-bond donors (Lipinski definition) is 1. The normalized spacial score (nSPS) is 17.0. The molecule has 1 N–H and O–H groups in total. The lowest BCUT2D eigenvalue weighted by Crippen LogP contribution is -2.29. The summed E-state index contributed by atoms with van der Waals surface area (Å²) >= 11 is 0. The number of carbonyl (C=O) groups excluding carboxylic acids is 2. The molecule has 1 atom stereocenters. The molecular formula is C30H31NO5. The maximum absolute atomic E-state index is 13.3. The molecule has 6 heteroatoms. The Kier molecular flexibility index (Phi) is 7.44. The van der Waals surface area contributed by atoms with E-state index in [0.29, 0.717) is 23.8 Å². The molecule has 0 saturated carbocycles. The van der Waals surface area contributed by atoms with Crippen LogP contribution in [0.2, 0.25) is 0 Å². The lowest BCUT2D eigenvalue weighted by molar-refractivity contribution is -0.140. The monoisotopic (exact) mass is 485 g/mol. The van der Waals surface area contributed by atoms with Crippen LogP contribution in [0.1, 0.15) is 42.1 Å². The van der Waals surface area contributed by atoms with Crippen LogP contribution in [-0.2, 0) is 16.1 Å². The third kappa shape index (κ3) is 5.28. The predicted molar refractivity (Wildman–Crippen MR) is 139 cm³/mol. The van der Waals surface area contributed by atoms with Gasteiger partial charge in [0.1, 0.15) is 17.3 Å². The molecule has 6 nitrogen and oxygen atoms in total. The van der Waals surface area contributed by atoms with Gasteiger partial charge in [-0.1, -0.05) is 67.9 Å². The van der Waals surface area contributed by atoms with E-state index >= 15 is 0 Å². The van der Waals surface area contributed by atoms with Crippen molar-refractivity contribution in [3.05, 3.63) is 101 Å². The van der Waals surface area contributed by atoms with Gasteiger partial charge in [-0.25, -0.2) is 0 Å². The standard InChI is InChI=1S/C30H31NO5/c1-19(2)18-36-24-13-11-21(12-14-24)17-31-27(22-8-5-7-20(3)15-22)26(29(33)30(31)34)28(32)23-9-6-10-25(16-23)35-4/h5-16,19,27,32H,17-18H2,1-4H3/b28-26-. The fraction of sp³-hybridized carbons (Fsp3) is 0.267. The number of likely N-dealkylation sites (tertiary alicyclic amines) is 1. The molecule has 0 aromatic heterocycles. The first-order valence-electron chi connectivity index (χ1n) is 12.0. The number of methoxy groups -OCH3 is 1. The molecule has 3 aromatic rings. The number of aryl methyl sites for hydroxylation is 1. The van der Waals surface area contributed by atoms with Crippen LogP contribution in [0.3, 0.4) is 0 Å². The van der Waals surface area contributed by atoms with Crippen molar-refractivity contribution in [2.24, 2.45) is 5.92 Å². The van der Waals surface area contributed by atoms with Crippen LogP contribution in [0.4, 0.5) is 0 Å². The molecule has 4 rings (SSSR count). The zero-order valence-electron chi connectivity index (χ0n) is 21.0. The minimum atomic E-state index is -0.729. The van der Waals surface area contributed by atoms with Gasteiger partial charge in [0.05, 0.1) is 25.3 Å². The number of nitrogens with zero attached hydrogens (tertiary/aromatic N) is 1. The molecule has 186 valence electrons. The quantitative estimate of drug-likeness (QED) is 0.253. The van der Waals surface area contributed by atoms with Crippen LogP contribution < -0.4 is 9.47 Å². The summed E-state index contributed by atoms with van der Waals surface area (Å²) < 4.78 is 11.0. The summed E-state index contributed by atoms with van der Waals surface area (Å²) in [6, 6.07) is 21.3. The van der Waals surface area contributed by atoms with Crippen LogP contribution in [0.5, 0.6) is 11.5 Å². The Balaban J connectivity index is 1.74.